The van der Waals surface area contributed by atoms with Crippen molar-refractivity contribution < 1.29 is 23.8 Å². The van der Waals surface area contributed by atoms with Crippen molar-refractivity contribution >= 4 is 11.9 Å². The van der Waals surface area contributed by atoms with Crippen molar-refractivity contribution in [3.8, 4) is 0 Å². The van der Waals surface area contributed by atoms with Crippen molar-refractivity contribution in [2.75, 3.05) is 14.2 Å². The summed E-state index contributed by atoms with van der Waals surface area (Å²) in [6, 6.07) is 0. The number of hydrogen-bond acceptors (Lipinski definition) is 5. The van der Waals surface area contributed by atoms with Gasteiger partial charge in [0.2, 0.25) is 0 Å². The Hall–Kier alpha value is -1.10. The van der Waals surface area contributed by atoms with Crippen LogP contribution in [0.3, 0.4) is 0 Å². The highest BCUT2D eigenvalue weighted by atomic mass is 16.6. The second kappa shape index (κ2) is 4.64. The van der Waals surface area contributed by atoms with Gasteiger partial charge in [0.1, 0.15) is 0 Å². The van der Waals surface area contributed by atoms with Gasteiger partial charge in [-0.1, -0.05) is 6.92 Å². The molecule has 98 valence electrons. The van der Waals surface area contributed by atoms with Gasteiger partial charge >= 0.3 is 11.9 Å². The largest absolute Gasteiger partial charge is 0.469 e. The molecular formula is C12H20O5. The van der Waals surface area contributed by atoms with Crippen molar-refractivity contribution in [2.45, 2.75) is 44.8 Å². The molecule has 0 N–H and O–H groups in total. The van der Waals surface area contributed by atoms with Gasteiger partial charge in [-0.25, -0.2) is 4.79 Å². The molecule has 1 aliphatic heterocycles. The van der Waals surface area contributed by atoms with E-state index in [4.69, 9.17) is 9.47 Å². The summed E-state index contributed by atoms with van der Waals surface area (Å²) in [6.45, 7) is 5.77. The van der Waals surface area contributed by atoms with E-state index in [0.29, 0.717) is 0 Å². The summed E-state index contributed by atoms with van der Waals surface area (Å²) in [5.41, 5.74) is -1.60. The first-order valence-corrected chi connectivity index (χ1v) is 5.69. The number of rotatable bonds is 4. The fourth-order valence-electron chi connectivity index (χ4n) is 2.81. The van der Waals surface area contributed by atoms with Gasteiger partial charge < -0.3 is 14.2 Å². The van der Waals surface area contributed by atoms with E-state index >= 15 is 0 Å². The first kappa shape index (κ1) is 14.0. The summed E-state index contributed by atoms with van der Waals surface area (Å²) in [4.78, 5) is 23.3. The maximum Gasteiger partial charge on any atom is 0.339 e. The zero-order valence-electron chi connectivity index (χ0n) is 11.0. The van der Waals surface area contributed by atoms with Crippen LogP contribution in [0.15, 0.2) is 0 Å². The van der Waals surface area contributed by atoms with E-state index in [1.54, 1.807) is 0 Å². The molecule has 5 nitrogen and oxygen atoms in total. The molecular weight excluding hydrogens is 224 g/mol. The molecule has 0 bridgehead atoms. The lowest BCUT2D eigenvalue weighted by Gasteiger charge is -2.57. The number of esters is 2. The molecule has 5 heteroatoms. The monoisotopic (exact) mass is 244 g/mol. The predicted octanol–water partition coefficient (Wildman–Crippen LogP) is 1.30. The van der Waals surface area contributed by atoms with Crippen LogP contribution >= 0.6 is 0 Å². The van der Waals surface area contributed by atoms with E-state index in [-0.39, 0.29) is 12.3 Å². The zero-order valence-corrected chi connectivity index (χ0v) is 11.0. The minimum absolute atomic E-state index is 0.0541. The Balaban J connectivity index is 2.98. The fraction of sp³-hybridized carbons (Fsp3) is 0.833. The summed E-state index contributed by atoms with van der Waals surface area (Å²) in [6.07, 6.45) is 0.636. The molecule has 1 saturated heterocycles. The van der Waals surface area contributed by atoms with Crippen LogP contribution in [0.5, 0.6) is 0 Å². The van der Waals surface area contributed by atoms with E-state index < -0.39 is 23.1 Å². The van der Waals surface area contributed by atoms with Gasteiger partial charge in [-0.2, -0.15) is 0 Å². The number of hydrogen-bond donors (Lipinski definition) is 0. The van der Waals surface area contributed by atoms with Gasteiger partial charge in [0.15, 0.2) is 5.60 Å². The second-order valence-corrected chi connectivity index (χ2v) is 4.80. The Morgan fingerprint density at radius 3 is 2.18 bits per heavy atom. The first-order chi connectivity index (χ1) is 7.84. The van der Waals surface area contributed by atoms with Gasteiger partial charge in [0, 0.05) is 5.92 Å². The molecule has 1 aliphatic rings. The molecule has 2 atom stereocenters. The summed E-state index contributed by atoms with van der Waals surface area (Å²) >= 11 is 0. The van der Waals surface area contributed by atoms with Crippen LogP contribution in [0.2, 0.25) is 0 Å². The molecule has 2 unspecified atom stereocenters. The summed E-state index contributed by atoms with van der Waals surface area (Å²) in [7, 11) is 2.58. The molecule has 0 saturated carbocycles. The zero-order chi connectivity index (χ0) is 13.3. The molecule has 0 radical (unpaired) electrons. The van der Waals surface area contributed by atoms with Crippen LogP contribution in [0, 0.1) is 5.92 Å². The third kappa shape index (κ3) is 2.16. The predicted molar refractivity (Wildman–Crippen MR) is 60.3 cm³/mol. The Bertz CT molecular complexity index is 323. The summed E-state index contributed by atoms with van der Waals surface area (Å²) < 4.78 is 15.0. The van der Waals surface area contributed by atoms with Gasteiger partial charge in [0.25, 0.3) is 0 Å². The average molecular weight is 244 g/mol. The number of carbonyl (C=O) groups is 2. The Morgan fingerprint density at radius 2 is 1.82 bits per heavy atom. The average Bonchev–Trinajstić information content (AvgIpc) is 2.26. The van der Waals surface area contributed by atoms with Gasteiger partial charge in [-0.3, -0.25) is 4.79 Å². The van der Waals surface area contributed by atoms with E-state index in [9.17, 15) is 9.59 Å². The van der Waals surface area contributed by atoms with Crippen molar-refractivity contribution in [1.29, 1.82) is 0 Å². The van der Waals surface area contributed by atoms with Crippen LogP contribution in [-0.4, -0.2) is 37.4 Å². The van der Waals surface area contributed by atoms with E-state index in [2.05, 4.69) is 4.74 Å². The van der Waals surface area contributed by atoms with Crippen LogP contribution in [0.1, 0.15) is 33.6 Å². The quantitative estimate of drug-likeness (QED) is 0.697. The lowest BCUT2D eigenvalue weighted by molar-refractivity contribution is -0.305. The van der Waals surface area contributed by atoms with Crippen molar-refractivity contribution in [3.63, 3.8) is 0 Å². The van der Waals surface area contributed by atoms with Crippen molar-refractivity contribution in [3.05, 3.63) is 0 Å². The van der Waals surface area contributed by atoms with Gasteiger partial charge in [-0.05, 0) is 20.3 Å². The lowest BCUT2D eigenvalue weighted by atomic mass is 9.67. The number of methoxy groups -OCH3 is 2. The molecule has 17 heavy (non-hydrogen) atoms. The van der Waals surface area contributed by atoms with Gasteiger partial charge in [0.05, 0.1) is 26.2 Å². The number of ether oxygens (including phenoxy) is 3. The lowest BCUT2D eigenvalue weighted by Crippen LogP contribution is -2.70. The van der Waals surface area contributed by atoms with Crippen LogP contribution in [-0.2, 0) is 23.8 Å². The molecule has 0 aromatic rings. The van der Waals surface area contributed by atoms with Gasteiger partial charge in [-0.15, -0.1) is 0 Å². The fourth-order valence-corrected chi connectivity index (χ4v) is 2.81. The molecule has 0 aliphatic carbocycles. The molecule has 1 heterocycles. The van der Waals surface area contributed by atoms with Crippen LogP contribution in [0.25, 0.3) is 0 Å². The molecule has 0 aromatic heterocycles. The van der Waals surface area contributed by atoms with Crippen molar-refractivity contribution in [2.24, 2.45) is 5.92 Å². The third-order valence-corrected chi connectivity index (χ3v) is 3.42. The topological polar surface area (TPSA) is 61.8 Å². The Kier molecular flexibility index (Phi) is 3.81. The highest BCUT2D eigenvalue weighted by Crippen LogP contribution is 2.51. The van der Waals surface area contributed by atoms with E-state index in [1.807, 2.05) is 20.8 Å². The van der Waals surface area contributed by atoms with Crippen molar-refractivity contribution in [1.82, 2.24) is 0 Å². The van der Waals surface area contributed by atoms with E-state index in [1.165, 1.54) is 14.2 Å². The first-order valence-electron chi connectivity index (χ1n) is 5.69. The Morgan fingerprint density at radius 1 is 1.24 bits per heavy atom. The molecule has 0 spiro atoms. The highest BCUT2D eigenvalue weighted by Gasteiger charge is 2.65. The van der Waals surface area contributed by atoms with Crippen LogP contribution in [0.4, 0.5) is 0 Å². The maximum absolute atomic E-state index is 11.9. The number of carbonyl (C=O) groups excluding carboxylic acids is 2. The molecule has 1 fully saturated rings. The third-order valence-electron chi connectivity index (χ3n) is 3.42. The van der Waals surface area contributed by atoms with E-state index in [0.717, 1.165) is 6.42 Å². The minimum atomic E-state index is -1.18. The summed E-state index contributed by atoms with van der Waals surface area (Å²) in [5, 5.41) is 0. The summed E-state index contributed by atoms with van der Waals surface area (Å²) in [5.74, 6) is -1.03. The SMILES string of the molecule is CCC1C(C)(C)OC1(CC(=O)OC)C(=O)OC. The van der Waals surface area contributed by atoms with Crippen LogP contribution < -0.4 is 0 Å². The highest BCUT2D eigenvalue weighted by molar-refractivity contribution is 5.87. The normalized spacial score (nSPS) is 30.3. The standard InChI is InChI=1S/C12H20O5/c1-6-8-11(2,3)17-12(8,10(14)16-5)7-9(13)15-4/h8H,6-7H2,1-5H3. The Labute approximate surface area is 101 Å². The maximum atomic E-state index is 11.9. The minimum Gasteiger partial charge on any atom is -0.469 e. The molecule has 0 amide bonds. The molecule has 0 aromatic carbocycles. The smallest absolute Gasteiger partial charge is 0.339 e. The second-order valence-electron chi connectivity index (χ2n) is 4.80. The molecule has 1 rings (SSSR count).